The van der Waals surface area contributed by atoms with Crippen molar-refractivity contribution in [3.63, 3.8) is 0 Å². The van der Waals surface area contributed by atoms with Crippen LogP contribution in [0.5, 0.6) is 0 Å². The molecule has 0 unspecified atom stereocenters. The van der Waals surface area contributed by atoms with Gasteiger partial charge in [0.1, 0.15) is 0 Å². The van der Waals surface area contributed by atoms with Crippen molar-refractivity contribution in [1.29, 1.82) is 0 Å². The zero-order chi connectivity index (χ0) is 12.4. The molecule has 0 aromatic heterocycles. The maximum absolute atomic E-state index is 2.44. The molecule has 0 saturated heterocycles. The predicted molar refractivity (Wildman–Crippen MR) is 86.2 cm³/mol. The molecule has 1 aromatic carbocycles. The van der Waals surface area contributed by atoms with E-state index in [4.69, 9.17) is 0 Å². The van der Waals surface area contributed by atoms with E-state index in [1.807, 2.05) is 0 Å². The molecule has 0 aliphatic carbocycles. The second-order valence-electron chi connectivity index (χ2n) is 6.05. The van der Waals surface area contributed by atoms with Crippen LogP contribution in [-0.4, -0.2) is 15.5 Å². The van der Waals surface area contributed by atoms with E-state index in [1.54, 1.807) is 26.9 Å². The fourth-order valence-corrected chi connectivity index (χ4v) is 9.89. The first kappa shape index (κ1) is 22.0. The Hall–Kier alpha value is 1.71. The first-order valence-corrected chi connectivity index (χ1v) is 16.2. The van der Waals surface area contributed by atoms with Gasteiger partial charge in [0.2, 0.25) is 0 Å². The summed E-state index contributed by atoms with van der Waals surface area (Å²) in [4.78, 5) is 0. The summed E-state index contributed by atoms with van der Waals surface area (Å²) in [5, 5.41) is 3.15. The van der Waals surface area contributed by atoms with Crippen molar-refractivity contribution in [2.45, 2.75) is 39.3 Å². The van der Waals surface area contributed by atoms with Crippen LogP contribution >= 0.6 is 16.3 Å². The van der Waals surface area contributed by atoms with E-state index in [-0.39, 0.29) is 37.7 Å². The van der Waals surface area contributed by atoms with Gasteiger partial charge in [-0.3, -0.25) is 0 Å². The molecule has 0 spiro atoms. The van der Waals surface area contributed by atoms with Gasteiger partial charge >= 0.3 is 37.7 Å². The second-order valence-corrected chi connectivity index (χ2v) is 25.5. The fourth-order valence-electron chi connectivity index (χ4n) is 1.38. The third kappa shape index (κ3) is 9.59. The average Bonchev–Trinajstić information content (AvgIpc) is 2.03. The van der Waals surface area contributed by atoms with Gasteiger partial charge in [0.15, 0.2) is 0 Å². The van der Waals surface area contributed by atoms with Gasteiger partial charge in [-0.25, -0.2) is 10.6 Å². The Kier molecular flexibility index (Phi) is 10.8. The molecule has 0 nitrogen and oxygen atoms in total. The van der Waals surface area contributed by atoms with Crippen molar-refractivity contribution in [2.75, 3.05) is 0 Å². The molecular weight excluding hydrogens is 276 g/mol. The maximum Gasteiger partial charge on any atom is 1.00 e. The van der Waals surface area contributed by atoms with Gasteiger partial charge in [-0.2, -0.15) is 0 Å². The molecule has 1 aromatic rings. The molecule has 0 radical (unpaired) electrons. The van der Waals surface area contributed by atoms with E-state index >= 15 is 0 Å². The molecule has 0 heterocycles. The van der Waals surface area contributed by atoms with E-state index in [2.05, 4.69) is 63.5 Å². The Balaban J connectivity index is 0. The third-order valence-corrected chi connectivity index (χ3v) is 10.0. The Bertz CT molecular complexity index is 325. The van der Waals surface area contributed by atoms with Crippen LogP contribution < -0.4 is 48.3 Å². The molecule has 0 fully saturated rings. The van der Waals surface area contributed by atoms with Gasteiger partial charge in [-0.05, 0) is 0 Å². The molecule has 0 bridgehead atoms. The molecule has 0 saturated carbocycles. The van der Waals surface area contributed by atoms with Crippen LogP contribution in [0.25, 0.3) is 0 Å². The van der Waals surface area contributed by atoms with E-state index in [9.17, 15) is 0 Å². The third-order valence-electron chi connectivity index (χ3n) is 1.79. The summed E-state index contributed by atoms with van der Waals surface area (Å²) in [6, 6.07) is 9.02. The van der Waals surface area contributed by atoms with Gasteiger partial charge < -0.3 is 16.3 Å². The molecule has 1 rings (SSSR count). The Morgan fingerprint density at radius 2 is 0.944 bits per heavy atom. The quantitative estimate of drug-likeness (QED) is 0.469. The van der Waals surface area contributed by atoms with Crippen LogP contribution in [0.3, 0.4) is 0 Å². The molecule has 6 heteroatoms. The molecule has 0 N–H and O–H groups in total. The smallest absolute Gasteiger partial charge is 0.510 e. The molecule has 90 valence electrons. The topological polar surface area (TPSA) is 0 Å². The van der Waals surface area contributed by atoms with Crippen molar-refractivity contribution in [3.8, 4) is 0 Å². The normalized spacial score (nSPS) is 12.8. The largest absolute Gasteiger partial charge is 1.00 e. The van der Waals surface area contributed by atoms with Crippen LogP contribution in [0, 0.1) is 0 Å². The second kappa shape index (κ2) is 8.88. The summed E-state index contributed by atoms with van der Waals surface area (Å²) in [6.45, 7) is 14.6. The van der Waals surface area contributed by atoms with Crippen molar-refractivity contribution < 1.29 is 37.7 Å². The van der Waals surface area contributed by atoms with Crippen molar-refractivity contribution in [1.82, 2.24) is 0 Å². The van der Waals surface area contributed by atoms with Crippen LogP contribution in [0.2, 0.25) is 39.3 Å². The van der Waals surface area contributed by atoms with Crippen LogP contribution in [0.4, 0.5) is 0 Å². The van der Waals surface area contributed by atoms with Gasteiger partial charge in [0.25, 0.3) is 0 Å². The summed E-state index contributed by atoms with van der Waals surface area (Å²) in [5.41, 5.74) is 0. The minimum absolute atomic E-state index is 0. The van der Waals surface area contributed by atoms with E-state index in [1.165, 1.54) is 0 Å². The van der Waals surface area contributed by atoms with Crippen LogP contribution in [0.15, 0.2) is 24.3 Å². The van der Waals surface area contributed by atoms with Gasteiger partial charge in [0.05, 0.1) is 0 Å². The Morgan fingerprint density at radius 1 is 0.667 bits per heavy atom. The van der Waals surface area contributed by atoms with E-state index in [0.717, 1.165) is 0 Å². The minimum atomic E-state index is -1.02. The van der Waals surface area contributed by atoms with Crippen molar-refractivity contribution in [2.24, 2.45) is 0 Å². The van der Waals surface area contributed by atoms with Crippen LogP contribution in [0.1, 0.15) is 0 Å². The van der Waals surface area contributed by atoms with Crippen LogP contribution in [-0.2, 0) is 0 Å². The summed E-state index contributed by atoms with van der Waals surface area (Å²) < 4.78 is 0. The SMILES string of the molecule is C[Si](C)(C)[P-]c1ccccc1[P-][Si](C)(C)C.[Li+].[Li+]. The van der Waals surface area contributed by atoms with Crippen molar-refractivity contribution >= 4 is 42.3 Å². The van der Waals surface area contributed by atoms with Gasteiger partial charge in [0, 0.05) is 0 Å². The van der Waals surface area contributed by atoms with Gasteiger partial charge in [-0.1, -0.05) is 63.5 Å². The monoisotopic (exact) mass is 298 g/mol. The first-order chi connectivity index (χ1) is 7.17. The zero-order valence-electron chi connectivity index (χ0n) is 13.2. The summed E-state index contributed by atoms with van der Waals surface area (Å²) in [5.74, 6) is 0. The summed E-state index contributed by atoms with van der Waals surface area (Å²) >= 11 is 0. The van der Waals surface area contributed by atoms with E-state index < -0.39 is 15.5 Å². The predicted octanol–water partition coefficient (Wildman–Crippen LogP) is -1.49. The summed E-state index contributed by atoms with van der Waals surface area (Å²) in [6.07, 6.45) is 0. The Morgan fingerprint density at radius 3 is 1.17 bits per heavy atom. The van der Waals surface area contributed by atoms with Gasteiger partial charge in [-0.15, -0.1) is 15.5 Å². The summed E-state index contributed by atoms with van der Waals surface area (Å²) in [7, 11) is 1.13. The molecule has 0 aliphatic heterocycles. The maximum atomic E-state index is 2.44. The molecule has 0 aliphatic rings. The molecular formula is C12H22Li2P2Si2. The molecule has 0 atom stereocenters. The number of hydrogen-bond donors (Lipinski definition) is 0. The Labute approximate surface area is 143 Å². The fraction of sp³-hybridized carbons (Fsp3) is 0.500. The first-order valence-electron chi connectivity index (χ1n) is 5.72. The molecule has 18 heavy (non-hydrogen) atoms. The zero-order valence-corrected chi connectivity index (χ0v) is 17.0. The average molecular weight is 298 g/mol. The number of hydrogen-bond acceptors (Lipinski definition) is 0. The van der Waals surface area contributed by atoms with Crippen molar-refractivity contribution in [3.05, 3.63) is 24.3 Å². The standard InChI is InChI=1S/C12H22P2Si2.2Li/c1-15(2,3)13-11-9-7-8-10-12(11)14-16(4,5)6;;/h7-10H,1-6H3;;/q-2;2*+1. The molecule has 0 amide bonds. The minimum Gasteiger partial charge on any atom is -0.510 e. The number of rotatable bonds is 4. The number of benzene rings is 1. The van der Waals surface area contributed by atoms with E-state index in [0.29, 0.717) is 0 Å².